The highest BCUT2D eigenvalue weighted by Gasteiger charge is 2.31. The molecule has 21 heavy (non-hydrogen) atoms. The topological polar surface area (TPSA) is 104 Å². The van der Waals surface area contributed by atoms with Gasteiger partial charge in [-0.15, -0.1) is 0 Å². The average Bonchev–Trinajstić information content (AvgIpc) is 2.60. The first-order valence-electron chi connectivity index (χ1n) is 7.34. The minimum atomic E-state index is -3.03. The maximum atomic E-state index is 12.0. The molecule has 0 radical (unpaired) electrons. The predicted octanol–water partition coefficient (Wildman–Crippen LogP) is -0.381. The van der Waals surface area contributed by atoms with E-state index >= 15 is 0 Å². The van der Waals surface area contributed by atoms with E-state index in [1.54, 1.807) is 4.90 Å². The van der Waals surface area contributed by atoms with E-state index in [9.17, 15) is 23.1 Å². The van der Waals surface area contributed by atoms with Gasteiger partial charge in [0, 0.05) is 6.04 Å². The molecule has 0 aromatic rings. The van der Waals surface area contributed by atoms with Crippen molar-refractivity contribution in [2.75, 3.05) is 24.6 Å². The fourth-order valence-electron chi connectivity index (χ4n) is 3.00. The molecule has 0 bridgehead atoms. The Morgan fingerprint density at radius 3 is 2.57 bits per heavy atom. The van der Waals surface area contributed by atoms with Crippen molar-refractivity contribution in [1.82, 2.24) is 10.2 Å². The molecule has 0 aromatic carbocycles. The highest BCUT2D eigenvalue weighted by atomic mass is 32.2. The zero-order chi connectivity index (χ0) is 15.5. The van der Waals surface area contributed by atoms with Crippen LogP contribution < -0.4 is 5.32 Å². The number of hydrogen-bond donors (Lipinski definition) is 2. The molecule has 2 fully saturated rings. The number of nitrogens with one attached hydrogen (secondary N) is 1. The van der Waals surface area contributed by atoms with Gasteiger partial charge in [0.15, 0.2) is 9.84 Å². The molecule has 2 unspecified atom stereocenters. The molecule has 0 aromatic heterocycles. The Morgan fingerprint density at radius 2 is 1.95 bits per heavy atom. The van der Waals surface area contributed by atoms with Gasteiger partial charge in [0.05, 0.1) is 18.1 Å². The Bertz CT molecular complexity index is 505. The molecule has 8 heteroatoms. The molecular weight excluding hydrogens is 296 g/mol. The Morgan fingerprint density at radius 1 is 1.19 bits per heavy atom. The number of amides is 1. The molecule has 7 nitrogen and oxygen atoms in total. The van der Waals surface area contributed by atoms with Gasteiger partial charge >= 0.3 is 5.97 Å². The molecule has 1 amide bonds. The Balaban J connectivity index is 1.89. The summed E-state index contributed by atoms with van der Waals surface area (Å²) < 4.78 is 22.7. The fourth-order valence-corrected chi connectivity index (χ4v) is 4.68. The number of carbonyl (C=O) groups is 2. The van der Waals surface area contributed by atoms with Crippen LogP contribution >= 0.6 is 0 Å². The standard InChI is InChI=1S/C13H22N2O5S/c16-12(14-10-5-7-21(19,20)9-10)8-15-6-3-1-2-4-11(15)13(17)18/h10-11H,1-9H2,(H,14,16)(H,17,18). The monoisotopic (exact) mass is 318 g/mol. The van der Waals surface area contributed by atoms with Crippen molar-refractivity contribution in [3.8, 4) is 0 Å². The van der Waals surface area contributed by atoms with Crippen molar-refractivity contribution >= 4 is 21.7 Å². The number of nitrogens with zero attached hydrogens (tertiary/aromatic N) is 1. The molecule has 0 saturated carbocycles. The van der Waals surface area contributed by atoms with Gasteiger partial charge < -0.3 is 10.4 Å². The summed E-state index contributed by atoms with van der Waals surface area (Å²) in [7, 11) is -3.03. The second-order valence-corrected chi connectivity index (χ2v) is 8.07. The lowest BCUT2D eigenvalue weighted by Crippen LogP contribution is -2.48. The van der Waals surface area contributed by atoms with E-state index in [1.165, 1.54) is 0 Å². The summed E-state index contributed by atoms with van der Waals surface area (Å²) in [5.74, 6) is -1.08. The zero-order valence-corrected chi connectivity index (χ0v) is 12.8. The van der Waals surface area contributed by atoms with Crippen molar-refractivity contribution in [2.45, 2.75) is 44.2 Å². The Labute approximate surface area is 124 Å². The van der Waals surface area contributed by atoms with E-state index in [1.807, 2.05) is 0 Å². The minimum Gasteiger partial charge on any atom is -0.480 e. The number of sulfone groups is 1. The quantitative estimate of drug-likeness (QED) is 0.732. The van der Waals surface area contributed by atoms with E-state index < -0.39 is 21.8 Å². The Kier molecular flexibility index (Phi) is 5.21. The zero-order valence-electron chi connectivity index (χ0n) is 12.0. The lowest BCUT2D eigenvalue weighted by molar-refractivity contribution is -0.144. The molecule has 2 aliphatic heterocycles. The maximum absolute atomic E-state index is 12.0. The lowest BCUT2D eigenvalue weighted by Gasteiger charge is -2.26. The molecule has 0 aliphatic carbocycles. The summed E-state index contributed by atoms with van der Waals surface area (Å²) in [5, 5.41) is 12.0. The molecular formula is C13H22N2O5S. The van der Waals surface area contributed by atoms with Crippen LogP contribution in [0.5, 0.6) is 0 Å². The van der Waals surface area contributed by atoms with E-state index in [2.05, 4.69) is 5.32 Å². The first-order valence-corrected chi connectivity index (χ1v) is 9.16. The second kappa shape index (κ2) is 6.74. The highest BCUT2D eigenvalue weighted by Crippen LogP contribution is 2.17. The van der Waals surface area contributed by atoms with Crippen molar-refractivity contribution in [2.24, 2.45) is 0 Å². The Hall–Kier alpha value is -1.15. The first kappa shape index (κ1) is 16.2. The number of hydrogen-bond acceptors (Lipinski definition) is 5. The van der Waals surface area contributed by atoms with Crippen LogP contribution in [0, 0.1) is 0 Å². The lowest BCUT2D eigenvalue weighted by atomic mass is 10.1. The number of aliphatic carboxylic acids is 1. The third kappa shape index (κ3) is 4.67. The summed E-state index contributed by atoms with van der Waals surface area (Å²) in [5.41, 5.74) is 0. The summed E-state index contributed by atoms with van der Waals surface area (Å²) in [6.45, 7) is 0.612. The largest absolute Gasteiger partial charge is 0.480 e. The van der Waals surface area contributed by atoms with E-state index in [-0.39, 0.29) is 30.0 Å². The molecule has 2 saturated heterocycles. The van der Waals surface area contributed by atoms with Crippen molar-refractivity contribution in [3.63, 3.8) is 0 Å². The molecule has 2 aliphatic rings. The van der Waals surface area contributed by atoms with E-state index in [0.717, 1.165) is 19.3 Å². The summed E-state index contributed by atoms with van der Waals surface area (Å²) >= 11 is 0. The maximum Gasteiger partial charge on any atom is 0.320 e. The van der Waals surface area contributed by atoms with Crippen LogP contribution in [-0.4, -0.2) is 67.0 Å². The van der Waals surface area contributed by atoms with Gasteiger partial charge in [-0.3, -0.25) is 14.5 Å². The van der Waals surface area contributed by atoms with Crippen LogP contribution in [0.1, 0.15) is 32.1 Å². The van der Waals surface area contributed by atoms with Gasteiger partial charge in [0.25, 0.3) is 0 Å². The molecule has 120 valence electrons. The predicted molar refractivity (Wildman–Crippen MR) is 76.7 cm³/mol. The summed E-state index contributed by atoms with van der Waals surface area (Å²) in [6, 6.07) is -0.955. The normalized spacial score (nSPS) is 29.7. The van der Waals surface area contributed by atoms with Gasteiger partial charge in [0.1, 0.15) is 6.04 Å². The van der Waals surface area contributed by atoms with Gasteiger partial charge in [-0.2, -0.15) is 0 Å². The van der Waals surface area contributed by atoms with Gasteiger partial charge in [-0.1, -0.05) is 12.8 Å². The number of carbonyl (C=O) groups excluding carboxylic acids is 1. The summed E-state index contributed by atoms with van der Waals surface area (Å²) in [4.78, 5) is 25.0. The van der Waals surface area contributed by atoms with Crippen molar-refractivity contribution in [3.05, 3.63) is 0 Å². The van der Waals surface area contributed by atoms with Crippen LogP contribution in [0.4, 0.5) is 0 Å². The minimum absolute atomic E-state index is 0.0128. The van der Waals surface area contributed by atoms with E-state index in [4.69, 9.17) is 0 Å². The first-order chi connectivity index (χ1) is 9.87. The van der Waals surface area contributed by atoms with Gasteiger partial charge in [-0.25, -0.2) is 8.42 Å². The number of carboxylic acid groups (broad SMARTS) is 1. The number of rotatable bonds is 4. The third-order valence-electron chi connectivity index (χ3n) is 4.09. The molecule has 0 spiro atoms. The van der Waals surface area contributed by atoms with Crippen molar-refractivity contribution in [1.29, 1.82) is 0 Å². The molecule has 2 N–H and O–H groups in total. The number of carboxylic acids is 1. The van der Waals surface area contributed by atoms with E-state index in [0.29, 0.717) is 19.4 Å². The molecule has 2 rings (SSSR count). The van der Waals surface area contributed by atoms with Crippen LogP contribution in [-0.2, 0) is 19.4 Å². The SMILES string of the molecule is O=C(CN1CCCCCC1C(=O)O)NC1CCS(=O)(=O)C1. The van der Waals surface area contributed by atoms with Crippen LogP contribution in [0.3, 0.4) is 0 Å². The van der Waals surface area contributed by atoms with Crippen LogP contribution in [0.2, 0.25) is 0 Å². The number of likely N-dealkylation sites (tertiary alicyclic amines) is 1. The smallest absolute Gasteiger partial charge is 0.320 e. The average molecular weight is 318 g/mol. The molecule has 2 atom stereocenters. The van der Waals surface area contributed by atoms with Crippen LogP contribution in [0.25, 0.3) is 0 Å². The summed E-state index contributed by atoms with van der Waals surface area (Å²) in [6.07, 6.45) is 3.71. The highest BCUT2D eigenvalue weighted by molar-refractivity contribution is 7.91. The molecule has 2 heterocycles. The van der Waals surface area contributed by atoms with Crippen molar-refractivity contribution < 1.29 is 23.1 Å². The van der Waals surface area contributed by atoms with Gasteiger partial charge in [-0.05, 0) is 25.8 Å². The third-order valence-corrected chi connectivity index (χ3v) is 5.86. The van der Waals surface area contributed by atoms with Crippen LogP contribution in [0.15, 0.2) is 0 Å². The fraction of sp³-hybridized carbons (Fsp3) is 0.846. The van der Waals surface area contributed by atoms with Gasteiger partial charge in [0.2, 0.25) is 5.91 Å². The second-order valence-electron chi connectivity index (χ2n) is 5.84.